The number of nitrogens with zero attached hydrogens (tertiary/aromatic N) is 1. The maximum absolute atomic E-state index is 12.8. The van der Waals surface area contributed by atoms with Crippen molar-refractivity contribution in [2.24, 2.45) is 0 Å². The molecule has 1 saturated carbocycles. The Bertz CT molecular complexity index is 1070. The Kier molecular flexibility index (Phi) is 4.68. The van der Waals surface area contributed by atoms with Crippen LogP contribution in [-0.4, -0.2) is 27.7 Å². The number of nitrogens with two attached hydrogens (primary N) is 1. The van der Waals surface area contributed by atoms with E-state index in [-0.39, 0.29) is 29.2 Å². The summed E-state index contributed by atoms with van der Waals surface area (Å²) in [6.07, 6.45) is 2.05. The second-order valence-corrected chi connectivity index (χ2v) is 7.52. The van der Waals surface area contributed by atoms with Crippen LogP contribution in [0.2, 0.25) is 0 Å². The van der Waals surface area contributed by atoms with E-state index in [9.17, 15) is 9.59 Å². The third kappa shape index (κ3) is 3.66. The first-order valence-electron chi connectivity index (χ1n) is 9.03. The lowest BCUT2D eigenvalue weighted by Gasteiger charge is -2.07. The van der Waals surface area contributed by atoms with E-state index in [0.29, 0.717) is 17.0 Å². The van der Waals surface area contributed by atoms with Crippen molar-refractivity contribution in [3.63, 3.8) is 0 Å². The van der Waals surface area contributed by atoms with Gasteiger partial charge in [-0.25, -0.2) is 4.98 Å². The third-order valence-electron chi connectivity index (χ3n) is 4.74. The van der Waals surface area contributed by atoms with E-state index in [2.05, 4.69) is 27.9 Å². The summed E-state index contributed by atoms with van der Waals surface area (Å²) < 4.78 is 0. The van der Waals surface area contributed by atoms with Gasteiger partial charge in [0.15, 0.2) is 5.69 Å². The van der Waals surface area contributed by atoms with Gasteiger partial charge in [-0.15, -0.1) is 12.6 Å². The number of ketones is 1. The average molecular weight is 392 g/mol. The number of hydrogen-bond acceptors (Lipinski definition) is 5. The summed E-state index contributed by atoms with van der Waals surface area (Å²) in [4.78, 5) is 33.3. The van der Waals surface area contributed by atoms with Crippen LogP contribution in [0.25, 0.3) is 11.4 Å². The monoisotopic (exact) mass is 392 g/mol. The smallest absolute Gasteiger partial charge is 0.251 e. The molecule has 4 rings (SSSR count). The molecule has 142 valence electrons. The topological polar surface area (TPSA) is 101 Å². The van der Waals surface area contributed by atoms with Crippen molar-refractivity contribution in [1.29, 1.82) is 0 Å². The Balaban J connectivity index is 1.66. The van der Waals surface area contributed by atoms with Gasteiger partial charge in [-0.1, -0.05) is 6.07 Å². The number of H-pyrrole nitrogens is 1. The number of rotatable bonds is 5. The molecule has 1 heterocycles. The summed E-state index contributed by atoms with van der Waals surface area (Å²) in [5.74, 6) is 0.285. The maximum atomic E-state index is 12.8. The molecule has 2 aromatic carbocycles. The predicted octanol–water partition coefficient (Wildman–Crippen LogP) is 3.38. The van der Waals surface area contributed by atoms with Crippen LogP contribution in [0.15, 0.2) is 47.4 Å². The molecule has 28 heavy (non-hydrogen) atoms. The van der Waals surface area contributed by atoms with Crippen molar-refractivity contribution in [3.8, 4) is 11.4 Å². The van der Waals surface area contributed by atoms with Crippen molar-refractivity contribution in [2.75, 3.05) is 5.73 Å². The molecule has 3 aromatic rings. The number of carbonyl (C=O) groups excluding carboxylic acids is 2. The van der Waals surface area contributed by atoms with Gasteiger partial charge < -0.3 is 16.0 Å². The average Bonchev–Trinajstić information content (AvgIpc) is 3.41. The molecule has 0 spiro atoms. The van der Waals surface area contributed by atoms with Gasteiger partial charge in [0.1, 0.15) is 11.6 Å². The summed E-state index contributed by atoms with van der Waals surface area (Å²) in [6, 6.07) is 12.6. The largest absolute Gasteiger partial charge is 0.383 e. The van der Waals surface area contributed by atoms with Crippen molar-refractivity contribution >= 4 is 30.1 Å². The van der Waals surface area contributed by atoms with E-state index in [1.165, 1.54) is 0 Å². The molecule has 0 radical (unpaired) electrons. The molecular weight excluding hydrogens is 372 g/mol. The molecule has 6 nitrogen and oxygen atoms in total. The van der Waals surface area contributed by atoms with Gasteiger partial charge in [0.25, 0.3) is 5.91 Å². The quantitative estimate of drug-likeness (QED) is 0.395. The molecule has 0 aliphatic heterocycles. The van der Waals surface area contributed by atoms with Gasteiger partial charge in [-0.2, -0.15) is 0 Å². The summed E-state index contributed by atoms with van der Waals surface area (Å²) in [7, 11) is 0. The minimum atomic E-state index is -0.270. The van der Waals surface area contributed by atoms with Gasteiger partial charge >= 0.3 is 0 Å². The van der Waals surface area contributed by atoms with Gasteiger partial charge in [-0.3, -0.25) is 9.59 Å². The first-order chi connectivity index (χ1) is 13.4. The predicted molar refractivity (Wildman–Crippen MR) is 111 cm³/mol. The summed E-state index contributed by atoms with van der Waals surface area (Å²) in [5, 5.41) is 2.97. The van der Waals surface area contributed by atoms with Crippen LogP contribution in [0, 0.1) is 6.92 Å². The van der Waals surface area contributed by atoms with Crippen LogP contribution in [-0.2, 0) is 0 Å². The molecule has 0 bridgehead atoms. The molecule has 1 aromatic heterocycles. The molecule has 4 N–H and O–H groups in total. The van der Waals surface area contributed by atoms with E-state index in [1.807, 2.05) is 13.0 Å². The Labute approximate surface area is 168 Å². The molecule has 1 aliphatic carbocycles. The SMILES string of the molecule is Cc1ccc(C(=O)NC2CC2)cc1-c1nc(C(=O)c2ccc(S)cc2)c(N)[nH]1. The first-order valence-corrected chi connectivity index (χ1v) is 9.48. The molecular formula is C21H20N4O2S. The Morgan fingerprint density at radius 1 is 1.14 bits per heavy atom. The second-order valence-electron chi connectivity index (χ2n) is 7.00. The molecule has 0 saturated heterocycles. The normalized spacial score (nSPS) is 13.4. The summed E-state index contributed by atoms with van der Waals surface area (Å²) >= 11 is 4.23. The number of thiol groups is 1. The number of anilines is 1. The van der Waals surface area contributed by atoms with Crippen molar-refractivity contribution in [2.45, 2.75) is 30.7 Å². The van der Waals surface area contributed by atoms with Crippen LogP contribution in [0.5, 0.6) is 0 Å². The zero-order valence-corrected chi connectivity index (χ0v) is 16.2. The van der Waals surface area contributed by atoms with Crippen molar-refractivity contribution < 1.29 is 9.59 Å². The van der Waals surface area contributed by atoms with E-state index >= 15 is 0 Å². The van der Waals surface area contributed by atoms with Crippen molar-refractivity contribution in [3.05, 3.63) is 64.8 Å². The number of aromatic amines is 1. The fourth-order valence-electron chi connectivity index (χ4n) is 2.95. The minimum absolute atomic E-state index is 0.105. The van der Waals surface area contributed by atoms with E-state index in [4.69, 9.17) is 5.73 Å². The fraction of sp³-hybridized carbons (Fsp3) is 0.190. The number of aryl methyl sites for hydroxylation is 1. The molecule has 0 atom stereocenters. The molecule has 1 aliphatic rings. The zero-order chi connectivity index (χ0) is 19.8. The van der Waals surface area contributed by atoms with Gasteiger partial charge in [0.05, 0.1) is 0 Å². The number of nitrogens with one attached hydrogen (secondary N) is 2. The number of aromatic nitrogens is 2. The highest BCUT2D eigenvalue weighted by atomic mass is 32.1. The highest BCUT2D eigenvalue weighted by Crippen LogP contribution is 2.26. The Hall–Kier alpha value is -3.06. The van der Waals surface area contributed by atoms with Crippen LogP contribution in [0.4, 0.5) is 5.82 Å². The second kappa shape index (κ2) is 7.16. The van der Waals surface area contributed by atoms with Gasteiger partial charge in [0.2, 0.25) is 5.78 Å². The molecule has 0 unspecified atom stereocenters. The number of imidazole rings is 1. The fourth-order valence-corrected chi connectivity index (χ4v) is 3.10. The minimum Gasteiger partial charge on any atom is -0.383 e. The highest BCUT2D eigenvalue weighted by molar-refractivity contribution is 7.80. The van der Waals surface area contributed by atoms with Crippen LogP contribution in [0.1, 0.15) is 44.8 Å². The summed E-state index contributed by atoms with van der Waals surface area (Å²) in [5.41, 5.74) is 8.90. The number of carbonyl (C=O) groups is 2. The maximum Gasteiger partial charge on any atom is 0.251 e. The van der Waals surface area contributed by atoms with E-state index in [1.54, 1.807) is 36.4 Å². The van der Waals surface area contributed by atoms with Crippen LogP contribution in [0.3, 0.4) is 0 Å². The third-order valence-corrected chi connectivity index (χ3v) is 5.04. The standard InChI is InChI=1S/C21H20N4O2S/c1-11-2-3-13(21(27)23-14-6-7-14)10-16(11)20-24-17(19(22)25-20)18(26)12-4-8-15(28)9-5-12/h2-5,8-10,14,28H,6-7,22H2,1H3,(H,23,27)(H,24,25). The molecule has 1 fully saturated rings. The van der Waals surface area contributed by atoms with Gasteiger partial charge in [0, 0.05) is 27.6 Å². The lowest BCUT2D eigenvalue weighted by Crippen LogP contribution is -2.25. The van der Waals surface area contributed by atoms with Gasteiger partial charge in [-0.05, 0) is 61.7 Å². The lowest BCUT2D eigenvalue weighted by molar-refractivity contribution is 0.0950. The van der Waals surface area contributed by atoms with Crippen LogP contribution < -0.4 is 11.1 Å². The molecule has 1 amide bonds. The zero-order valence-electron chi connectivity index (χ0n) is 15.3. The van der Waals surface area contributed by atoms with E-state index in [0.717, 1.165) is 28.9 Å². The first kappa shape index (κ1) is 18.3. The Morgan fingerprint density at radius 2 is 1.82 bits per heavy atom. The number of benzene rings is 2. The number of nitrogen functional groups attached to an aromatic ring is 1. The Morgan fingerprint density at radius 3 is 2.50 bits per heavy atom. The number of hydrogen-bond donors (Lipinski definition) is 4. The lowest BCUT2D eigenvalue weighted by atomic mass is 10.0. The molecule has 7 heteroatoms. The highest BCUT2D eigenvalue weighted by Gasteiger charge is 2.24. The summed E-state index contributed by atoms with van der Waals surface area (Å²) in [6.45, 7) is 1.92. The number of amides is 1. The van der Waals surface area contributed by atoms with E-state index < -0.39 is 0 Å². The van der Waals surface area contributed by atoms with Crippen molar-refractivity contribution in [1.82, 2.24) is 15.3 Å². The van der Waals surface area contributed by atoms with Crippen LogP contribution >= 0.6 is 12.6 Å².